The normalized spacial score (nSPS) is 10.8. The topological polar surface area (TPSA) is 84.2 Å². The fraction of sp³-hybridized carbons (Fsp3) is 0.286. The smallest absolute Gasteiger partial charge is 0.263 e. The van der Waals surface area contributed by atoms with Gasteiger partial charge in [0.1, 0.15) is 10.6 Å². The van der Waals surface area contributed by atoms with Crippen LogP contribution in [0, 0.1) is 34.6 Å². The number of anilines is 1. The lowest BCUT2D eigenvalue weighted by atomic mass is 10.1. The van der Waals surface area contributed by atoms with Crippen molar-refractivity contribution in [2.24, 2.45) is 0 Å². The van der Waals surface area contributed by atoms with Gasteiger partial charge >= 0.3 is 0 Å². The molecule has 0 saturated carbocycles. The average molecular weight is 398 g/mol. The SMILES string of the molecule is Cc1cc(C)c(NC(=O)CNC(=O)c2sc(-c3ccc(C)o3)nc2C)c(C)c1. The minimum atomic E-state index is -0.322. The highest BCUT2D eigenvalue weighted by Gasteiger charge is 2.18. The molecule has 3 rings (SSSR count). The number of aromatic nitrogens is 1. The molecule has 0 aliphatic rings. The Hall–Kier alpha value is -2.93. The Balaban J connectivity index is 1.64. The molecule has 1 aromatic carbocycles. The molecule has 0 fully saturated rings. The van der Waals surface area contributed by atoms with Crippen molar-refractivity contribution in [3.05, 3.63) is 57.3 Å². The Morgan fingerprint density at radius 3 is 2.36 bits per heavy atom. The molecule has 2 aromatic heterocycles. The van der Waals surface area contributed by atoms with E-state index in [1.54, 1.807) is 6.92 Å². The van der Waals surface area contributed by atoms with Crippen molar-refractivity contribution in [1.82, 2.24) is 10.3 Å². The molecule has 6 nitrogen and oxygen atoms in total. The summed E-state index contributed by atoms with van der Waals surface area (Å²) in [5.41, 5.74) is 4.53. The molecule has 0 radical (unpaired) electrons. The Kier molecular flexibility index (Phi) is 5.65. The molecule has 0 spiro atoms. The minimum absolute atomic E-state index is 0.113. The predicted octanol–water partition coefficient (Wildman–Crippen LogP) is 4.31. The number of hydrogen-bond acceptors (Lipinski definition) is 5. The summed E-state index contributed by atoms with van der Waals surface area (Å²) in [4.78, 5) is 29.7. The third kappa shape index (κ3) is 4.31. The van der Waals surface area contributed by atoms with Crippen LogP contribution in [0.2, 0.25) is 0 Å². The van der Waals surface area contributed by atoms with Crippen molar-refractivity contribution in [3.63, 3.8) is 0 Å². The second-order valence-corrected chi connectivity index (χ2v) is 7.85. The molecule has 28 heavy (non-hydrogen) atoms. The maximum atomic E-state index is 12.5. The molecule has 0 aliphatic carbocycles. The van der Waals surface area contributed by atoms with Crippen molar-refractivity contribution in [2.75, 3.05) is 11.9 Å². The van der Waals surface area contributed by atoms with Gasteiger partial charge in [-0.1, -0.05) is 17.7 Å². The molecule has 0 atom stereocenters. The Morgan fingerprint density at radius 1 is 1.07 bits per heavy atom. The molecule has 0 bridgehead atoms. The van der Waals surface area contributed by atoms with Crippen LogP contribution in [0.15, 0.2) is 28.7 Å². The summed E-state index contributed by atoms with van der Waals surface area (Å²) in [6, 6.07) is 7.71. The van der Waals surface area contributed by atoms with Crippen molar-refractivity contribution < 1.29 is 14.0 Å². The summed E-state index contributed by atoms with van der Waals surface area (Å²) in [5, 5.41) is 6.19. The Bertz CT molecular complexity index is 1030. The summed E-state index contributed by atoms with van der Waals surface area (Å²) in [5.74, 6) is 0.824. The van der Waals surface area contributed by atoms with Crippen LogP contribution in [-0.4, -0.2) is 23.3 Å². The average Bonchev–Trinajstić information content (AvgIpc) is 3.21. The lowest BCUT2D eigenvalue weighted by molar-refractivity contribution is -0.115. The second-order valence-electron chi connectivity index (χ2n) is 6.85. The van der Waals surface area contributed by atoms with Crippen molar-refractivity contribution >= 4 is 28.8 Å². The molecule has 146 valence electrons. The molecule has 7 heteroatoms. The second kappa shape index (κ2) is 7.98. The zero-order chi connectivity index (χ0) is 20.4. The predicted molar refractivity (Wildman–Crippen MR) is 111 cm³/mol. The molecule has 2 amide bonds. The van der Waals surface area contributed by atoms with Crippen molar-refractivity contribution in [1.29, 1.82) is 0 Å². The zero-order valence-electron chi connectivity index (χ0n) is 16.6. The third-order valence-corrected chi connectivity index (χ3v) is 5.48. The van der Waals surface area contributed by atoms with Crippen LogP contribution in [0.25, 0.3) is 10.8 Å². The molecule has 3 aromatic rings. The van der Waals surface area contributed by atoms with Crippen LogP contribution in [0.3, 0.4) is 0 Å². The van der Waals surface area contributed by atoms with Crippen LogP contribution in [-0.2, 0) is 4.79 Å². The van der Waals surface area contributed by atoms with Gasteiger partial charge in [-0.3, -0.25) is 9.59 Å². The van der Waals surface area contributed by atoms with E-state index >= 15 is 0 Å². The van der Waals surface area contributed by atoms with Crippen LogP contribution in [0.5, 0.6) is 0 Å². The molecule has 2 heterocycles. The van der Waals surface area contributed by atoms with Crippen LogP contribution < -0.4 is 10.6 Å². The lowest BCUT2D eigenvalue weighted by Gasteiger charge is -2.13. The van der Waals surface area contributed by atoms with E-state index in [1.165, 1.54) is 11.3 Å². The van der Waals surface area contributed by atoms with E-state index in [4.69, 9.17) is 4.42 Å². The fourth-order valence-corrected chi connectivity index (χ4v) is 4.01. The number of furan rings is 1. The molecular weight excluding hydrogens is 374 g/mol. The van der Waals surface area contributed by atoms with Crippen molar-refractivity contribution in [2.45, 2.75) is 34.6 Å². The number of rotatable bonds is 5. The quantitative estimate of drug-likeness (QED) is 0.672. The minimum Gasteiger partial charge on any atom is -0.459 e. The van der Waals surface area contributed by atoms with Gasteiger partial charge in [0.05, 0.1) is 12.2 Å². The molecule has 0 aliphatic heterocycles. The highest BCUT2D eigenvalue weighted by Crippen LogP contribution is 2.29. The number of nitrogens with zero attached hydrogens (tertiary/aromatic N) is 1. The van der Waals surface area contributed by atoms with Gasteiger partial charge in [-0.25, -0.2) is 4.98 Å². The highest BCUT2D eigenvalue weighted by atomic mass is 32.1. The van der Waals surface area contributed by atoms with Gasteiger partial charge in [0, 0.05) is 5.69 Å². The number of nitrogens with one attached hydrogen (secondary N) is 2. The standard InChI is InChI=1S/C21H23N3O3S/c1-11-8-12(2)18(13(3)9-11)24-17(25)10-22-20(26)19-15(5)23-21(28-19)16-7-6-14(4)27-16/h6-9H,10H2,1-5H3,(H,22,26)(H,24,25). The fourth-order valence-electron chi connectivity index (χ4n) is 3.06. The first-order chi connectivity index (χ1) is 13.2. The Morgan fingerprint density at radius 2 is 1.75 bits per heavy atom. The van der Waals surface area contributed by atoms with E-state index < -0.39 is 0 Å². The van der Waals surface area contributed by atoms with E-state index in [2.05, 4.69) is 15.6 Å². The first-order valence-electron chi connectivity index (χ1n) is 8.94. The van der Waals surface area contributed by atoms with E-state index in [9.17, 15) is 9.59 Å². The van der Waals surface area contributed by atoms with E-state index in [0.717, 1.165) is 28.1 Å². The van der Waals surface area contributed by atoms with Gasteiger partial charge in [0.25, 0.3) is 5.91 Å². The van der Waals surface area contributed by atoms with Crippen molar-refractivity contribution in [3.8, 4) is 10.8 Å². The van der Waals surface area contributed by atoms with Gasteiger partial charge in [-0.2, -0.15) is 0 Å². The van der Waals surface area contributed by atoms with E-state index in [-0.39, 0.29) is 18.4 Å². The monoisotopic (exact) mass is 397 g/mol. The lowest BCUT2D eigenvalue weighted by Crippen LogP contribution is -2.33. The van der Waals surface area contributed by atoms with E-state index in [1.807, 2.05) is 52.0 Å². The van der Waals surface area contributed by atoms with E-state index in [0.29, 0.717) is 21.3 Å². The molecule has 0 saturated heterocycles. The Labute approximate surface area is 168 Å². The maximum Gasteiger partial charge on any atom is 0.263 e. The summed E-state index contributed by atoms with van der Waals surface area (Å²) in [7, 11) is 0. The number of carbonyl (C=O) groups is 2. The molecule has 2 N–H and O–H groups in total. The molecular formula is C21H23N3O3S. The van der Waals surface area contributed by atoms with Gasteiger partial charge in [-0.15, -0.1) is 11.3 Å². The van der Waals surface area contributed by atoms with Gasteiger partial charge in [0.15, 0.2) is 10.8 Å². The number of hydrogen-bond donors (Lipinski definition) is 2. The first-order valence-corrected chi connectivity index (χ1v) is 9.76. The zero-order valence-corrected chi connectivity index (χ0v) is 17.4. The van der Waals surface area contributed by atoms with Crippen LogP contribution in [0.1, 0.15) is 37.8 Å². The van der Waals surface area contributed by atoms with Gasteiger partial charge in [-0.05, 0) is 57.9 Å². The summed E-state index contributed by atoms with van der Waals surface area (Å²) < 4.78 is 5.57. The largest absolute Gasteiger partial charge is 0.459 e. The number of amides is 2. The number of benzene rings is 1. The summed E-state index contributed by atoms with van der Waals surface area (Å²) >= 11 is 1.25. The summed E-state index contributed by atoms with van der Waals surface area (Å²) in [6.07, 6.45) is 0. The molecule has 0 unspecified atom stereocenters. The number of thiazole rings is 1. The summed E-state index contributed by atoms with van der Waals surface area (Å²) in [6.45, 7) is 9.43. The highest BCUT2D eigenvalue weighted by molar-refractivity contribution is 7.17. The van der Waals surface area contributed by atoms with Gasteiger partial charge < -0.3 is 15.1 Å². The van der Waals surface area contributed by atoms with Gasteiger partial charge in [0.2, 0.25) is 5.91 Å². The first kappa shape index (κ1) is 19.8. The number of carbonyl (C=O) groups excluding carboxylic acids is 2. The van der Waals surface area contributed by atoms with Crippen LogP contribution >= 0.6 is 11.3 Å². The number of aryl methyl sites for hydroxylation is 5. The maximum absolute atomic E-state index is 12.5. The third-order valence-electron chi connectivity index (χ3n) is 4.30. The van der Waals surface area contributed by atoms with Crippen LogP contribution in [0.4, 0.5) is 5.69 Å².